The van der Waals surface area contributed by atoms with E-state index in [-0.39, 0.29) is 0 Å². The lowest BCUT2D eigenvalue weighted by molar-refractivity contribution is 0.294. The topological polar surface area (TPSA) is 30.5 Å². The normalized spacial score (nSPS) is 10.9. The van der Waals surface area contributed by atoms with Gasteiger partial charge >= 0.3 is 0 Å². The predicted octanol–water partition coefficient (Wildman–Crippen LogP) is 3.54. The Hall–Kier alpha value is -1.48. The Balaban J connectivity index is 2.82. The van der Waals surface area contributed by atoms with Crippen LogP contribution in [0, 0.1) is 0 Å². The van der Waals surface area contributed by atoms with Gasteiger partial charge in [0.05, 0.1) is 6.61 Å². The van der Waals surface area contributed by atoms with E-state index < -0.39 is 0 Å². The summed E-state index contributed by atoms with van der Waals surface area (Å²) in [6.45, 7) is 9.16. The lowest BCUT2D eigenvalue weighted by Gasteiger charge is -2.15. The molecule has 0 spiro atoms. The van der Waals surface area contributed by atoms with Crippen LogP contribution >= 0.6 is 0 Å². The van der Waals surface area contributed by atoms with Gasteiger partial charge in [-0.2, -0.15) is 0 Å². The van der Waals surface area contributed by atoms with Crippen LogP contribution in [0.3, 0.4) is 0 Å². The molecular weight excluding hydrogens is 238 g/mol. The monoisotopic (exact) mass is 263 g/mol. The molecular formula is C16H25NO2. The fourth-order valence-corrected chi connectivity index (χ4v) is 1.76. The van der Waals surface area contributed by atoms with Crippen molar-refractivity contribution in [3.63, 3.8) is 0 Å². The second kappa shape index (κ2) is 9.45. The molecule has 1 aromatic carbocycles. The number of allylic oxidation sites excluding steroid dienone is 1. The molecule has 0 aliphatic carbocycles. The Morgan fingerprint density at radius 3 is 2.74 bits per heavy atom. The second-order valence-corrected chi connectivity index (χ2v) is 4.23. The predicted molar refractivity (Wildman–Crippen MR) is 79.9 cm³/mol. The summed E-state index contributed by atoms with van der Waals surface area (Å²) in [5.74, 6) is 1.67. The molecule has 1 rings (SSSR count). The van der Waals surface area contributed by atoms with E-state index in [0.29, 0.717) is 13.2 Å². The first-order chi connectivity index (χ1) is 9.33. The molecule has 3 heteroatoms. The van der Waals surface area contributed by atoms with Gasteiger partial charge < -0.3 is 14.8 Å². The average Bonchev–Trinajstić information content (AvgIpc) is 2.42. The van der Waals surface area contributed by atoms with Crippen LogP contribution in [-0.2, 0) is 6.54 Å². The zero-order valence-corrected chi connectivity index (χ0v) is 12.2. The lowest BCUT2D eigenvalue weighted by Crippen LogP contribution is -2.15. The van der Waals surface area contributed by atoms with Crippen molar-refractivity contribution in [1.29, 1.82) is 0 Å². The maximum Gasteiger partial charge on any atom is 0.166 e. The summed E-state index contributed by atoms with van der Waals surface area (Å²) in [5.41, 5.74) is 1.14. The van der Waals surface area contributed by atoms with Crippen molar-refractivity contribution in [2.24, 2.45) is 0 Å². The first-order valence-electron chi connectivity index (χ1n) is 7.02. The van der Waals surface area contributed by atoms with Crippen LogP contribution < -0.4 is 14.8 Å². The van der Waals surface area contributed by atoms with Gasteiger partial charge in [-0.3, -0.25) is 0 Å². The third-order valence-electron chi connectivity index (χ3n) is 2.66. The molecule has 0 saturated heterocycles. The second-order valence-electron chi connectivity index (χ2n) is 4.23. The van der Waals surface area contributed by atoms with E-state index >= 15 is 0 Å². The molecule has 1 N–H and O–H groups in total. The van der Waals surface area contributed by atoms with Crippen LogP contribution in [-0.4, -0.2) is 19.8 Å². The minimum absolute atomic E-state index is 0.571. The summed E-state index contributed by atoms with van der Waals surface area (Å²) in [4.78, 5) is 0. The standard InChI is InChI=1S/C16H25NO2/c1-4-7-12-19-16-14(13-17-11-5-2)9-8-10-15(16)18-6-3/h4,7-10,17H,5-6,11-13H2,1-3H3/b7-4+. The van der Waals surface area contributed by atoms with Crippen molar-refractivity contribution < 1.29 is 9.47 Å². The molecule has 0 atom stereocenters. The highest BCUT2D eigenvalue weighted by Gasteiger charge is 2.10. The Morgan fingerprint density at radius 2 is 2.05 bits per heavy atom. The van der Waals surface area contributed by atoms with Gasteiger partial charge in [-0.15, -0.1) is 0 Å². The SMILES string of the molecule is C/C=C/COc1c(CNCCC)cccc1OCC. The minimum Gasteiger partial charge on any atom is -0.490 e. The summed E-state index contributed by atoms with van der Waals surface area (Å²) in [5, 5.41) is 3.40. The highest BCUT2D eigenvalue weighted by molar-refractivity contribution is 5.46. The van der Waals surface area contributed by atoms with Crippen molar-refractivity contribution in [2.75, 3.05) is 19.8 Å². The molecule has 0 aromatic heterocycles. The maximum atomic E-state index is 5.84. The Morgan fingerprint density at radius 1 is 1.21 bits per heavy atom. The average molecular weight is 263 g/mol. The summed E-state index contributed by atoms with van der Waals surface area (Å²) in [7, 11) is 0. The van der Waals surface area contributed by atoms with E-state index in [4.69, 9.17) is 9.47 Å². The van der Waals surface area contributed by atoms with Gasteiger partial charge in [-0.25, -0.2) is 0 Å². The largest absolute Gasteiger partial charge is 0.490 e. The minimum atomic E-state index is 0.571. The van der Waals surface area contributed by atoms with Crippen molar-refractivity contribution in [3.8, 4) is 11.5 Å². The number of hydrogen-bond acceptors (Lipinski definition) is 3. The van der Waals surface area contributed by atoms with Crippen LogP contribution in [0.4, 0.5) is 0 Å². The van der Waals surface area contributed by atoms with Gasteiger partial charge in [0, 0.05) is 12.1 Å². The zero-order valence-electron chi connectivity index (χ0n) is 12.2. The molecule has 0 fully saturated rings. The zero-order chi connectivity index (χ0) is 13.9. The van der Waals surface area contributed by atoms with Crippen LogP contribution in [0.25, 0.3) is 0 Å². The van der Waals surface area contributed by atoms with E-state index in [0.717, 1.165) is 36.6 Å². The van der Waals surface area contributed by atoms with Gasteiger partial charge in [0.15, 0.2) is 11.5 Å². The van der Waals surface area contributed by atoms with Gasteiger partial charge in [0.25, 0.3) is 0 Å². The van der Waals surface area contributed by atoms with E-state index in [9.17, 15) is 0 Å². The first kappa shape index (κ1) is 15.6. The third kappa shape index (κ3) is 5.35. The molecule has 0 saturated carbocycles. The molecule has 3 nitrogen and oxygen atoms in total. The van der Waals surface area contributed by atoms with E-state index in [1.54, 1.807) is 0 Å². The van der Waals surface area contributed by atoms with E-state index in [2.05, 4.69) is 18.3 Å². The molecule has 0 amide bonds. The summed E-state index contributed by atoms with van der Waals surface area (Å²) < 4.78 is 11.5. The van der Waals surface area contributed by atoms with Crippen LogP contribution in [0.2, 0.25) is 0 Å². The quantitative estimate of drug-likeness (QED) is 0.546. The number of hydrogen-bond donors (Lipinski definition) is 1. The lowest BCUT2D eigenvalue weighted by atomic mass is 10.2. The van der Waals surface area contributed by atoms with Crippen molar-refractivity contribution >= 4 is 0 Å². The molecule has 0 heterocycles. The summed E-state index contributed by atoms with van der Waals surface area (Å²) >= 11 is 0. The number of benzene rings is 1. The fraction of sp³-hybridized carbons (Fsp3) is 0.500. The molecule has 0 bridgehead atoms. The van der Waals surface area contributed by atoms with Gasteiger partial charge in [0.2, 0.25) is 0 Å². The number of nitrogens with one attached hydrogen (secondary N) is 1. The number of rotatable bonds is 9. The molecule has 19 heavy (non-hydrogen) atoms. The van der Waals surface area contributed by atoms with Crippen LogP contribution in [0.5, 0.6) is 11.5 Å². The number of ether oxygens (including phenoxy) is 2. The van der Waals surface area contributed by atoms with Crippen molar-refractivity contribution in [3.05, 3.63) is 35.9 Å². The van der Waals surface area contributed by atoms with Crippen molar-refractivity contribution in [1.82, 2.24) is 5.32 Å². The first-order valence-corrected chi connectivity index (χ1v) is 7.02. The van der Waals surface area contributed by atoms with Crippen LogP contribution in [0.15, 0.2) is 30.4 Å². The van der Waals surface area contributed by atoms with E-state index in [1.807, 2.05) is 38.1 Å². The highest BCUT2D eigenvalue weighted by atomic mass is 16.5. The van der Waals surface area contributed by atoms with Crippen LogP contribution in [0.1, 0.15) is 32.8 Å². The Labute approximate surface area is 116 Å². The molecule has 0 aliphatic rings. The maximum absolute atomic E-state index is 5.84. The van der Waals surface area contributed by atoms with Crippen molar-refractivity contribution in [2.45, 2.75) is 33.7 Å². The molecule has 1 aromatic rings. The molecule has 0 radical (unpaired) electrons. The van der Waals surface area contributed by atoms with Gasteiger partial charge in [-0.05, 0) is 32.9 Å². The van der Waals surface area contributed by atoms with Gasteiger partial charge in [-0.1, -0.05) is 31.2 Å². The Bertz CT molecular complexity index is 388. The fourth-order valence-electron chi connectivity index (χ4n) is 1.76. The molecule has 0 aliphatic heterocycles. The highest BCUT2D eigenvalue weighted by Crippen LogP contribution is 2.31. The molecule has 106 valence electrons. The molecule has 0 unspecified atom stereocenters. The summed E-state index contributed by atoms with van der Waals surface area (Å²) in [6.07, 6.45) is 5.10. The smallest absolute Gasteiger partial charge is 0.166 e. The van der Waals surface area contributed by atoms with E-state index in [1.165, 1.54) is 0 Å². The van der Waals surface area contributed by atoms with Gasteiger partial charge in [0.1, 0.15) is 6.61 Å². The summed E-state index contributed by atoms with van der Waals surface area (Å²) in [6, 6.07) is 6.05. The number of para-hydroxylation sites is 1. The third-order valence-corrected chi connectivity index (χ3v) is 2.66. The Kier molecular flexibility index (Phi) is 7.75.